The Hall–Kier alpha value is -1.06. The maximum atomic E-state index is 10.5. The summed E-state index contributed by atoms with van der Waals surface area (Å²) in [6.45, 7) is 3.49. The van der Waals surface area contributed by atoms with Gasteiger partial charge in [0.15, 0.2) is 0 Å². The molecule has 0 saturated heterocycles. The summed E-state index contributed by atoms with van der Waals surface area (Å²) in [4.78, 5) is 21.6. The number of carbonyl (C=O) groups excluding carboxylic acids is 1. The number of hydrogen-bond acceptors (Lipinski definition) is 2. The van der Waals surface area contributed by atoms with E-state index in [4.69, 9.17) is 5.11 Å². The van der Waals surface area contributed by atoms with Crippen LogP contribution in [-0.4, -0.2) is 35.5 Å². The van der Waals surface area contributed by atoms with Gasteiger partial charge < -0.3 is 10.0 Å². The molecule has 1 radical (unpaired) electrons. The molecule has 4 heteroatoms. The van der Waals surface area contributed by atoms with E-state index in [2.05, 4.69) is 0 Å². The van der Waals surface area contributed by atoms with Crippen LogP contribution in [0.4, 0.5) is 0 Å². The molecule has 0 fully saturated rings. The van der Waals surface area contributed by atoms with E-state index in [9.17, 15) is 9.59 Å². The number of carbonyl (C=O) groups is 1. The molecule has 0 aliphatic rings. The first-order chi connectivity index (χ1) is 5.00. The van der Waals surface area contributed by atoms with Gasteiger partial charge in [-0.2, -0.15) is 0 Å². The summed E-state index contributed by atoms with van der Waals surface area (Å²) in [5.41, 5.74) is 0. The van der Waals surface area contributed by atoms with Gasteiger partial charge in [0, 0.05) is 7.05 Å². The Morgan fingerprint density at radius 3 is 2.09 bits per heavy atom. The van der Waals surface area contributed by atoms with Crippen LogP contribution in [0, 0.1) is 5.92 Å². The lowest BCUT2D eigenvalue weighted by atomic mass is 10.0. The molecule has 0 aromatic rings. The molecule has 0 spiro atoms. The summed E-state index contributed by atoms with van der Waals surface area (Å²) in [5.74, 6) is -1.09. The van der Waals surface area contributed by atoms with E-state index in [0.29, 0.717) is 0 Å². The minimum absolute atomic E-state index is 0.0982. The van der Waals surface area contributed by atoms with Gasteiger partial charge in [-0.15, -0.1) is 0 Å². The lowest BCUT2D eigenvalue weighted by Crippen LogP contribution is -2.41. The fourth-order valence-corrected chi connectivity index (χ4v) is 0.955. The minimum Gasteiger partial charge on any atom is -0.480 e. The number of carboxylic acid groups (broad SMARTS) is 1. The third kappa shape index (κ3) is 2.57. The number of likely N-dealkylation sites (N-methyl/N-ethyl adjacent to an activating group) is 1. The van der Waals surface area contributed by atoms with Crippen LogP contribution in [-0.2, 0) is 9.59 Å². The molecule has 63 valence electrons. The highest BCUT2D eigenvalue weighted by atomic mass is 16.4. The molecule has 4 nitrogen and oxygen atoms in total. The van der Waals surface area contributed by atoms with Crippen LogP contribution >= 0.6 is 0 Å². The van der Waals surface area contributed by atoms with E-state index in [1.807, 2.05) is 0 Å². The first-order valence-corrected chi connectivity index (χ1v) is 3.34. The molecule has 1 unspecified atom stereocenters. The van der Waals surface area contributed by atoms with Crippen LogP contribution in [0.3, 0.4) is 0 Å². The highest BCUT2D eigenvalue weighted by Gasteiger charge is 2.25. The maximum Gasteiger partial charge on any atom is 0.326 e. The molecule has 0 heterocycles. The van der Waals surface area contributed by atoms with Gasteiger partial charge in [0.25, 0.3) is 0 Å². The summed E-state index contributed by atoms with van der Waals surface area (Å²) in [5, 5.41) is 8.62. The van der Waals surface area contributed by atoms with Crippen LogP contribution in [0.1, 0.15) is 13.8 Å². The minimum atomic E-state index is -0.995. The zero-order valence-corrected chi connectivity index (χ0v) is 6.87. The van der Waals surface area contributed by atoms with E-state index in [1.165, 1.54) is 13.5 Å². The molecular formula is C7H12NO3. The number of nitrogens with zero attached hydrogens (tertiary/aromatic N) is 1. The Kier molecular flexibility index (Phi) is 3.57. The molecule has 1 N–H and O–H groups in total. The number of hydrogen-bond donors (Lipinski definition) is 1. The monoisotopic (exact) mass is 158 g/mol. The van der Waals surface area contributed by atoms with E-state index >= 15 is 0 Å². The molecule has 1 atom stereocenters. The fraction of sp³-hybridized carbons (Fsp3) is 0.714. The average Bonchev–Trinajstić information content (AvgIpc) is 1.85. The second-order valence-corrected chi connectivity index (χ2v) is 2.73. The van der Waals surface area contributed by atoms with Crippen LogP contribution < -0.4 is 0 Å². The predicted octanol–water partition coefficient (Wildman–Crippen LogP) is 0.0946. The average molecular weight is 158 g/mol. The first kappa shape index (κ1) is 9.94. The zero-order valence-electron chi connectivity index (χ0n) is 6.87. The van der Waals surface area contributed by atoms with Gasteiger partial charge in [0.05, 0.1) is 0 Å². The highest BCUT2D eigenvalue weighted by molar-refractivity contribution is 5.76. The summed E-state index contributed by atoms with van der Waals surface area (Å²) < 4.78 is 0. The lowest BCUT2D eigenvalue weighted by molar-refractivity contribution is -0.142. The SMILES string of the molecule is CC(C)C(C(=O)O)N(C)[C]=O. The number of carboxylic acids is 1. The van der Waals surface area contributed by atoms with Crippen molar-refractivity contribution in [3.63, 3.8) is 0 Å². The molecule has 0 aromatic heterocycles. The molecule has 1 amide bonds. The second kappa shape index (κ2) is 3.95. The van der Waals surface area contributed by atoms with Crippen molar-refractivity contribution in [3.8, 4) is 0 Å². The van der Waals surface area contributed by atoms with Gasteiger partial charge in [0.1, 0.15) is 6.04 Å². The van der Waals surface area contributed by atoms with Crippen LogP contribution in [0.5, 0.6) is 0 Å². The number of aliphatic carboxylic acids is 1. The van der Waals surface area contributed by atoms with Crippen molar-refractivity contribution in [2.24, 2.45) is 5.92 Å². The van der Waals surface area contributed by atoms with Crippen molar-refractivity contribution in [1.82, 2.24) is 4.90 Å². The van der Waals surface area contributed by atoms with Crippen molar-refractivity contribution in [3.05, 3.63) is 0 Å². The molecular weight excluding hydrogens is 146 g/mol. The van der Waals surface area contributed by atoms with Crippen molar-refractivity contribution in [2.45, 2.75) is 19.9 Å². The third-order valence-electron chi connectivity index (χ3n) is 1.45. The zero-order chi connectivity index (χ0) is 9.02. The van der Waals surface area contributed by atoms with Gasteiger partial charge in [-0.25, -0.2) is 4.79 Å². The van der Waals surface area contributed by atoms with Crippen LogP contribution in [0.15, 0.2) is 0 Å². The lowest BCUT2D eigenvalue weighted by Gasteiger charge is -2.22. The molecule has 0 aliphatic heterocycles. The number of rotatable bonds is 4. The van der Waals surface area contributed by atoms with Gasteiger partial charge in [-0.3, -0.25) is 4.79 Å². The van der Waals surface area contributed by atoms with Gasteiger partial charge >= 0.3 is 12.4 Å². The maximum absolute atomic E-state index is 10.5. The van der Waals surface area contributed by atoms with Crippen LogP contribution in [0.25, 0.3) is 0 Å². The van der Waals surface area contributed by atoms with Crippen molar-refractivity contribution in [2.75, 3.05) is 7.05 Å². The van der Waals surface area contributed by atoms with Gasteiger partial charge in [-0.05, 0) is 5.92 Å². The summed E-state index contributed by atoms with van der Waals surface area (Å²) in [7, 11) is 1.41. The van der Waals surface area contributed by atoms with Gasteiger partial charge in [0.2, 0.25) is 0 Å². The Bertz CT molecular complexity index is 156. The Morgan fingerprint density at radius 2 is 2.00 bits per heavy atom. The molecule has 0 aromatic carbocycles. The number of amides is 1. The molecule has 0 rings (SSSR count). The van der Waals surface area contributed by atoms with E-state index in [-0.39, 0.29) is 5.92 Å². The van der Waals surface area contributed by atoms with Crippen LogP contribution in [0.2, 0.25) is 0 Å². The second-order valence-electron chi connectivity index (χ2n) is 2.73. The van der Waals surface area contributed by atoms with Crippen molar-refractivity contribution >= 4 is 12.4 Å². The molecule has 0 aliphatic carbocycles. The van der Waals surface area contributed by atoms with Crippen molar-refractivity contribution < 1.29 is 14.7 Å². The normalized spacial score (nSPS) is 12.7. The first-order valence-electron chi connectivity index (χ1n) is 3.34. The largest absolute Gasteiger partial charge is 0.480 e. The summed E-state index contributed by atoms with van der Waals surface area (Å²) in [6, 6.07) is -0.771. The standard InChI is InChI=1S/C7H12NO3/c1-5(2)6(7(10)11)8(3)4-9/h5-6H,1-3H3,(H,10,11). The van der Waals surface area contributed by atoms with E-state index in [1.54, 1.807) is 13.8 Å². The Labute approximate surface area is 65.8 Å². The quantitative estimate of drug-likeness (QED) is 0.590. The summed E-state index contributed by atoms with van der Waals surface area (Å²) in [6.07, 6.45) is 1.53. The smallest absolute Gasteiger partial charge is 0.326 e. The highest BCUT2D eigenvalue weighted by Crippen LogP contribution is 2.06. The Morgan fingerprint density at radius 1 is 1.55 bits per heavy atom. The van der Waals surface area contributed by atoms with E-state index < -0.39 is 12.0 Å². The Balaban J connectivity index is 4.33. The van der Waals surface area contributed by atoms with E-state index in [0.717, 1.165) is 4.90 Å². The predicted molar refractivity (Wildman–Crippen MR) is 39.7 cm³/mol. The third-order valence-corrected chi connectivity index (χ3v) is 1.45. The summed E-state index contributed by atoms with van der Waals surface area (Å²) >= 11 is 0. The van der Waals surface area contributed by atoms with Gasteiger partial charge in [-0.1, -0.05) is 13.8 Å². The molecule has 11 heavy (non-hydrogen) atoms. The fourth-order valence-electron chi connectivity index (χ4n) is 0.955. The molecule has 0 saturated carbocycles. The van der Waals surface area contributed by atoms with Crippen molar-refractivity contribution in [1.29, 1.82) is 0 Å². The topological polar surface area (TPSA) is 57.6 Å². The molecule has 0 bridgehead atoms.